The van der Waals surface area contributed by atoms with Crippen LogP contribution in [-0.2, 0) is 10.0 Å². The molecule has 3 N–H and O–H groups in total. The maximum atomic E-state index is 12.9. The number of thioether (sulfide) groups is 1. The standard InChI is InChI=1S/C22H26N4O3S2/c1-26(2)20-8-4-7-19-18(20)6-5-9-21(19)31(28,29)24-15-14-23-22(27)25-16-10-12-17(30-3)13-11-16/h4-13,24H,14-15H2,1-3H3,(H2,23,25,27). The van der Waals surface area contributed by atoms with Crippen LogP contribution >= 0.6 is 11.8 Å². The smallest absolute Gasteiger partial charge is 0.319 e. The van der Waals surface area contributed by atoms with E-state index >= 15 is 0 Å². The highest BCUT2D eigenvalue weighted by molar-refractivity contribution is 7.98. The summed E-state index contributed by atoms with van der Waals surface area (Å²) in [4.78, 5) is 15.3. The van der Waals surface area contributed by atoms with Gasteiger partial charge in [-0.2, -0.15) is 0 Å². The Morgan fingerprint density at radius 3 is 2.29 bits per heavy atom. The average molecular weight is 459 g/mol. The van der Waals surface area contributed by atoms with Gasteiger partial charge in [0.05, 0.1) is 4.90 Å². The third kappa shape index (κ3) is 5.69. The van der Waals surface area contributed by atoms with Crippen molar-refractivity contribution < 1.29 is 13.2 Å². The fourth-order valence-corrected chi connectivity index (χ4v) is 4.84. The average Bonchev–Trinajstić information content (AvgIpc) is 2.76. The van der Waals surface area contributed by atoms with Gasteiger partial charge in [0.25, 0.3) is 0 Å². The van der Waals surface area contributed by atoms with Gasteiger partial charge in [-0.3, -0.25) is 0 Å². The first-order valence-corrected chi connectivity index (χ1v) is 12.4. The second-order valence-corrected chi connectivity index (χ2v) is 9.65. The van der Waals surface area contributed by atoms with Crippen LogP contribution in [0.5, 0.6) is 0 Å². The number of urea groups is 1. The zero-order valence-corrected chi connectivity index (χ0v) is 19.3. The number of carbonyl (C=O) groups is 1. The van der Waals surface area contributed by atoms with Crippen molar-refractivity contribution in [1.29, 1.82) is 0 Å². The minimum Gasteiger partial charge on any atom is -0.377 e. The number of carbonyl (C=O) groups excluding carboxylic acids is 1. The third-order valence-electron chi connectivity index (χ3n) is 4.68. The van der Waals surface area contributed by atoms with E-state index in [2.05, 4.69) is 15.4 Å². The number of fused-ring (bicyclic) bond motifs is 1. The lowest BCUT2D eigenvalue weighted by Crippen LogP contribution is -2.36. The number of rotatable bonds is 8. The Labute approximate surface area is 187 Å². The molecule has 0 unspecified atom stereocenters. The molecule has 0 aliphatic carbocycles. The maximum Gasteiger partial charge on any atom is 0.319 e. The summed E-state index contributed by atoms with van der Waals surface area (Å²) >= 11 is 1.62. The van der Waals surface area contributed by atoms with Crippen molar-refractivity contribution in [2.24, 2.45) is 0 Å². The number of hydrogen-bond acceptors (Lipinski definition) is 5. The lowest BCUT2D eigenvalue weighted by molar-refractivity contribution is 0.252. The van der Waals surface area contributed by atoms with Gasteiger partial charge in [0.2, 0.25) is 10.0 Å². The third-order valence-corrected chi connectivity index (χ3v) is 6.94. The molecule has 164 valence electrons. The molecule has 31 heavy (non-hydrogen) atoms. The van der Waals surface area contributed by atoms with E-state index in [4.69, 9.17) is 0 Å². The predicted octanol–water partition coefficient (Wildman–Crippen LogP) is 3.73. The Balaban J connectivity index is 1.60. The summed E-state index contributed by atoms with van der Waals surface area (Å²) in [6, 6.07) is 17.9. The van der Waals surface area contributed by atoms with Crippen LogP contribution in [0.2, 0.25) is 0 Å². The normalized spacial score (nSPS) is 11.3. The van der Waals surface area contributed by atoms with Crippen molar-refractivity contribution in [3.05, 3.63) is 60.7 Å². The predicted molar refractivity (Wildman–Crippen MR) is 129 cm³/mol. The summed E-state index contributed by atoms with van der Waals surface area (Å²) in [5, 5.41) is 6.89. The van der Waals surface area contributed by atoms with E-state index in [1.165, 1.54) is 0 Å². The van der Waals surface area contributed by atoms with E-state index in [9.17, 15) is 13.2 Å². The summed E-state index contributed by atoms with van der Waals surface area (Å²) in [5.41, 5.74) is 1.61. The van der Waals surface area contributed by atoms with Crippen LogP contribution < -0.4 is 20.3 Å². The molecule has 2 amide bonds. The topological polar surface area (TPSA) is 90.5 Å². The van der Waals surface area contributed by atoms with Gasteiger partial charge < -0.3 is 15.5 Å². The molecular formula is C22H26N4O3S2. The van der Waals surface area contributed by atoms with Crippen LogP contribution in [0.1, 0.15) is 0 Å². The number of hydrogen-bond donors (Lipinski definition) is 3. The molecule has 0 aliphatic heterocycles. The molecule has 0 heterocycles. The van der Waals surface area contributed by atoms with E-state index in [1.54, 1.807) is 30.0 Å². The fraction of sp³-hybridized carbons (Fsp3) is 0.227. The van der Waals surface area contributed by atoms with Crippen LogP contribution in [0.25, 0.3) is 10.8 Å². The van der Waals surface area contributed by atoms with Crippen LogP contribution in [0.4, 0.5) is 16.2 Å². The minimum absolute atomic E-state index is 0.0743. The van der Waals surface area contributed by atoms with Gasteiger partial charge in [-0.1, -0.05) is 24.3 Å². The van der Waals surface area contributed by atoms with Gasteiger partial charge in [0.15, 0.2) is 0 Å². The Kier molecular flexibility index (Phi) is 7.42. The highest BCUT2D eigenvalue weighted by atomic mass is 32.2. The number of anilines is 2. The molecule has 0 saturated heterocycles. The highest BCUT2D eigenvalue weighted by Crippen LogP contribution is 2.30. The molecule has 0 atom stereocenters. The van der Waals surface area contributed by atoms with Gasteiger partial charge in [-0.25, -0.2) is 17.9 Å². The highest BCUT2D eigenvalue weighted by Gasteiger charge is 2.18. The monoisotopic (exact) mass is 458 g/mol. The molecular weight excluding hydrogens is 432 g/mol. The summed E-state index contributed by atoms with van der Waals surface area (Å²) < 4.78 is 28.3. The molecule has 0 radical (unpaired) electrons. The number of nitrogens with zero attached hydrogens (tertiary/aromatic N) is 1. The van der Waals surface area contributed by atoms with Crippen molar-refractivity contribution in [2.45, 2.75) is 9.79 Å². The molecule has 0 saturated carbocycles. The zero-order chi connectivity index (χ0) is 22.4. The summed E-state index contributed by atoms with van der Waals surface area (Å²) in [6.07, 6.45) is 1.98. The zero-order valence-electron chi connectivity index (χ0n) is 17.7. The van der Waals surface area contributed by atoms with Crippen molar-refractivity contribution >= 4 is 50.0 Å². The number of amides is 2. The van der Waals surface area contributed by atoms with Crippen molar-refractivity contribution in [3.8, 4) is 0 Å². The first-order valence-electron chi connectivity index (χ1n) is 9.69. The maximum absolute atomic E-state index is 12.9. The Morgan fingerprint density at radius 2 is 1.61 bits per heavy atom. The van der Waals surface area contributed by atoms with Crippen molar-refractivity contribution in [2.75, 3.05) is 43.7 Å². The minimum atomic E-state index is -3.74. The molecule has 0 spiro atoms. The molecule has 9 heteroatoms. The summed E-state index contributed by atoms with van der Waals surface area (Å²) in [5.74, 6) is 0. The van der Waals surface area contributed by atoms with E-state index in [0.717, 1.165) is 16.0 Å². The lowest BCUT2D eigenvalue weighted by atomic mass is 10.1. The van der Waals surface area contributed by atoms with E-state index in [-0.39, 0.29) is 18.0 Å². The van der Waals surface area contributed by atoms with Crippen LogP contribution in [0.3, 0.4) is 0 Å². The van der Waals surface area contributed by atoms with Gasteiger partial charge in [0, 0.05) is 54.2 Å². The molecule has 0 fully saturated rings. The SMILES string of the molecule is CSc1ccc(NC(=O)NCCNS(=O)(=O)c2cccc3c(N(C)C)cccc23)cc1. The largest absolute Gasteiger partial charge is 0.377 e. The Hall–Kier alpha value is -2.75. The van der Waals surface area contributed by atoms with Gasteiger partial charge in [-0.15, -0.1) is 11.8 Å². The van der Waals surface area contributed by atoms with Gasteiger partial charge in [0.1, 0.15) is 0 Å². The second-order valence-electron chi connectivity index (χ2n) is 7.03. The van der Waals surface area contributed by atoms with E-state index < -0.39 is 16.1 Å². The van der Waals surface area contributed by atoms with Gasteiger partial charge in [-0.05, 0) is 42.7 Å². The second kappa shape index (κ2) is 10.0. The molecule has 7 nitrogen and oxygen atoms in total. The van der Waals surface area contributed by atoms with E-state index in [1.807, 2.05) is 67.7 Å². The van der Waals surface area contributed by atoms with Crippen molar-refractivity contribution in [1.82, 2.24) is 10.0 Å². The molecule has 0 bridgehead atoms. The number of sulfonamides is 1. The summed E-state index contributed by atoms with van der Waals surface area (Å²) in [6.45, 7) is 0.229. The molecule has 0 aromatic heterocycles. The van der Waals surface area contributed by atoms with E-state index in [0.29, 0.717) is 11.1 Å². The van der Waals surface area contributed by atoms with Crippen LogP contribution in [-0.4, -0.2) is 47.9 Å². The fourth-order valence-electron chi connectivity index (χ4n) is 3.18. The molecule has 0 aliphatic rings. The van der Waals surface area contributed by atoms with Crippen LogP contribution in [0, 0.1) is 0 Å². The summed E-state index contributed by atoms with van der Waals surface area (Å²) in [7, 11) is 0.101. The number of nitrogens with one attached hydrogen (secondary N) is 3. The van der Waals surface area contributed by atoms with Crippen molar-refractivity contribution in [3.63, 3.8) is 0 Å². The quantitative estimate of drug-likeness (QED) is 0.354. The molecule has 3 rings (SSSR count). The molecule has 3 aromatic carbocycles. The van der Waals surface area contributed by atoms with Crippen LogP contribution in [0.15, 0.2) is 70.5 Å². The number of benzene rings is 3. The molecule has 3 aromatic rings. The lowest BCUT2D eigenvalue weighted by Gasteiger charge is -2.17. The first kappa shape index (κ1) is 22.9. The Morgan fingerprint density at radius 1 is 0.935 bits per heavy atom. The van der Waals surface area contributed by atoms with Gasteiger partial charge >= 0.3 is 6.03 Å². The first-order chi connectivity index (χ1) is 14.8. The Bertz CT molecular complexity index is 1160.